The van der Waals surface area contributed by atoms with Crippen LogP contribution in [0.5, 0.6) is 0 Å². The Kier molecular flexibility index (Phi) is 9.57. The number of pyridine rings is 1. The number of benzene rings is 1. The van der Waals surface area contributed by atoms with Crippen LogP contribution in [-0.2, 0) is 16.3 Å². The van der Waals surface area contributed by atoms with Gasteiger partial charge in [0, 0.05) is 30.9 Å². The van der Waals surface area contributed by atoms with Crippen LogP contribution in [0.4, 0.5) is 13.2 Å². The molecule has 2 heterocycles. The van der Waals surface area contributed by atoms with E-state index in [4.69, 9.17) is 0 Å². The molecule has 1 aromatic carbocycles. The molecule has 1 aromatic heterocycles. The number of hydrogen-bond acceptors (Lipinski definition) is 6. The monoisotopic (exact) mass is 581 g/mol. The van der Waals surface area contributed by atoms with Crippen LogP contribution in [0, 0.1) is 11.8 Å². The Bertz CT molecular complexity index is 1280. The molecule has 0 spiro atoms. The molecule has 220 valence electrons. The highest BCUT2D eigenvalue weighted by atomic mass is 32.2. The predicted octanol–water partition coefficient (Wildman–Crippen LogP) is 5.02. The average molecular weight is 582 g/mol. The Morgan fingerprint density at radius 2 is 1.88 bits per heavy atom. The maximum Gasteiger partial charge on any atom is 0.391 e. The van der Waals surface area contributed by atoms with Crippen molar-refractivity contribution in [1.82, 2.24) is 15.2 Å². The fraction of sp³-hybridized carbons (Fsp3) is 0.586. The van der Waals surface area contributed by atoms with Gasteiger partial charge in [-0.15, -0.1) is 0 Å². The van der Waals surface area contributed by atoms with Crippen molar-refractivity contribution in [2.24, 2.45) is 11.8 Å². The molecule has 1 saturated carbocycles. The van der Waals surface area contributed by atoms with Gasteiger partial charge in [-0.3, -0.25) is 14.7 Å². The van der Waals surface area contributed by atoms with E-state index >= 15 is 0 Å². The number of carbonyl (C=O) groups is 1. The molecule has 1 amide bonds. The zero-order chi connectivity index (χ0) is 29.1. The summed E-state index contributed by atoms with van der Waals surface area (Å²) in [4.78, 5) is 19.7. The molecule has 4 rings (SSSR count). The van der Waals surface area contributed by atoms with Crippen LogP contribution in [-0.4, -0.2) is 60.9 Å². The molecular weight excluding hydrogens is 543 g/mol. The summed E-state index contributed by atoms with van der Waals surface area (Å²) in [6.07, 6.45) is 0.353. The van der Waals surface area contributed by atoms with Crippen LogP contribution in [0.15, 0.2) is 41.4 Å². The molecule has 2 aliphatic rings. The second kappa shape index (κ2) is 12.6. The fourth-order valence-electron chi connectivity index (χ4n) is 6.01. The van der Waals surface area contributed by atoms with E-state index in [2.05, 4.69) is 22.1 Å². The minimum Gasteiger partial charge on any atom is -0.394 e. The van der Waals surface area contributed by atoms with E-state index < -0.39 is 34.6 Å². The van der Waals surface area contributed by atoms with E-state index in [1.54, 1.807) is 13.0 Å². The van der Waals surface area contributed by atoms with E-state index in [0.717, 1.165) is 37.1 Å². The molecule has 0 saturated heterocycles. The molecule has 2 N–H and O–H groups in total. The van der Waals surface area contributed by atoms with Gasteiger partial charge in [-0.1, -0.05) is 19.9 Å². The molecule has 0 bridgehead atoms. The Hall–Kier alpha value is -2.50. The third-order valence-corrected chi connectivity index (χ3v) is 10.1. The molecular formula is C29H38F3N3O4S. The number of aliphatic hydroxyl groups excluding tert-OH is 1. The van der Waals surface area contributed by atoms with Gasteiger partial charge in [-0.2, -0.15) is 13.2 Å². The van der Waals surface area contributed by atoms with Gasteiger partial charge in [0.05, 0.1) is 34.9 Å². The van der Waals surface area contributed by atoms with Crippen molar-refractivity contribution in [3.8, 4) is 0 Å². The van der Waals surface area contributed by atoms with Crippen LogP contribution in [0.1, 0.15) is 85.2 Å². The number of fused-ring (bicyclic) bond motifs is 1. The topological polar surface area (TPSA) is 99.6 Å². The Morgan fingerprint density at radius 1 is 1.15 bits per heavy atom. The number of halogens is 3. The number of aliphatic hydroxyl groups is 1. The van der Waals surface area contributed by atoms with Crippen molar-refractivity contribution in [2.75, 3.05) is 25.4 Å². The SMILES string of the molecule is CC[C@H]1c2ccc(C(=O)N[C@H](CO)c3ccc(S(=O)(=O)CC)cn3)cc2CCN1CC1CCC(C(F)(F)F)CC1. The van der Waals surface area contributed by atoms with Crippen molar-refractivity contribution in [2.45, 2.75) is 75.5 Å². The summed E-state index contributed by atoms with van der Waals surface area (Å²) in [5, 5.41) is 12.7. The van der Waals surface area contributed by atoms with Crippen LogP contribution in [0.2, 0.25) is 0 Å². The van der Waals surface area contributed by atoms with E-state index in [9.17, 15) is 31.5 Å². The van der Waals surface area contributed by atoms with Crippen LogP contribution < -0.4 is 5.32 Å². The first kappa shape index (κ1) is 30.5. The first-order valence-electron chi connectivity index (χ1n) is 14.0. The molecule has 7 nitrogen and oxygen atoms in total. The first-order chi connectivity index (χ1) is 19.0. The van der Waals surface area contributed by atoms with Gasteiger partial charge in [0.25, 0.3) is 5.91 Å². The summed E-state index contributed by atoms with van der Waals surface area (Å²) in [6, 6.07) is 7.86. The van der Waals surface area contributed by atoms with Crippen LogP contribution in [0.25, 0.3) is 0 Å². The van der Waals surface area contributed by atoms with Crippen LogP contribution in [0.3, 0.4) is 0 Å². The lowest BCUT2D eigenvalue weighted by Gasteiger charge is -2.40. The van der Waals surface area contributed by atoms with Gasteiger partial charge in [0.15, 0.2) is 9.84 Å². The number of rotatable bonds is 9. The maximum absolute atomic E-state index is 13.1. The van der Waals surface area contributed by atoms with Crippen molar-refractivity contribution in [1.29, 1.82) is 0 Å². The number of carbonyl (C=O) groups excluding carboxylic acids is 1. The quantitative estimate of drug-likeness (QED) is 0.432. The number of sulfone groups is 1. The summed E-state index contributed by atoms with van der Waals surface area (Å²) < 4.78 is 63.3. The second-order valence-electron chi connectivity index (χ2n) is 10.9. The van der Waals surface area contributed by atoms with Crippen molar-refractivity contribution in [3.63, 3.8) is 0 Å². The summed E-state index contributed by atoms with van der Waals surface area (Å²) in [5.74, 6) is -1.33. The summed E-state index contributed by atoms with van der Waals surface area (Å²) in [5.41, 5.74) is 3.03. The lowest BCUT2D eigenvalue weighted by Crippen LogP contribution is -2.40. The van der Waals surface area contributed by atoms with Gasteiger partial charge < -0.3 is 10.4 Å². The normalized spacial score (nSPS) is 22.9. The lowest BCUT2D eigenvalue weighted by atomic mass is 9.80. The highest BCUT2D eigenvalue weighted by molar-refractivity contribution is 7.91. The number of hydrogen-bond donors (Lipinski definition) is 2. The molecule has 11 heteroatoms. The zero-order valence-electron chi connectivity index (χ0n) is 23.0. The third-order valence-electron chi connectivity index (χ3n) is 8.41. The van der Waals surface area contributed by atoms with Crippen molar-refractivity contribution >= 4 is 15.7 Å². The van der Waals surface area contributed by atoms with Crippen molar-refractivity contribution < 1.29 is 31.5 Å². The Balaban J connectivity index is 1.41. The predicted molar refractivity (Wildman–Crippen MR) is 146 cm³/mol. The second-order valence-corrected chi connectivity index (χ2v) is 13.2. The largest absolute Gasteiger partial charge is 0.394 e. The molecule has 40 heavy (non-hydrogen) atoms. The summed E-state index contributed by atoms with van der Waals surface area (Å²) in [6.45, 7) is 4.82. The van der Waals surface area contributed by atoms with Gasteiger partial charge >= 0.3 is 6.18 Å². The third kappa shape index (κ3) is 6.86. The molecule has 2 atom stereocenters. The lowest BCUT2D eigenvalue weighted by molar-refractivity contribution is -0.184. The maximum atomic E-state index is 13.1. The molecule has 1 fully saturated rings. The number of nitrogens with zero attached hydrogens (tertiary/aromatic N) is 2. The van der Waals surface area contributed by atoms with E-state index in [-0.39, 0.29) is 41.4 Å². The molecule has 1 aliphatic carbocycles. The Labute approximate surface area is 234 Å². The standard InChI is InChI=1S/C29H38F3N3O4S/c1-3-27-24-11-7-21(28(37)34-26(18-36)25-12-10-23(16-33-25)40(38,39)4-2)15-20(24)13-14-35(27)17-19-5-8-22(9-6-19)29(30,31)32/h7,10-12,15-16,19,22,26-27,36H,3-6,8-9,13-14,17-18H2,1-2H3,(H,34,37)/t19?,22?,26-,27+/m1/s1. The Morgan fingerprint density at radius 3 is 2.45 bits per heavy atom. The average Bonchev–Trinajstić information content (AvgIpc) is 2.95. The molecule has 0 radical (unpaired) electrons. The van der Waals surface area contributed by atoms with Crippen LogP contribution >= 0.6 is 0 Å². The number of amides is 1. The zero-order valence-corrected chi connectivity index (χ0v) is 23.8. The van der Waals surface area contributed by atoms with E-state index in [1.165, 1.54) is 18.3 Å². The van der Waals surface area contributed by atoms with Gasteiger partial charge in [-0.25, -0.2) is 8.42 Å². The highest BCUT2D eigenvalue weighted by Crippen LogP contribution is 2.41. The van der Waals surface area contributed by atoms with E-state index in [1.807, 2.05) is 12.1 Å². The summed E-state index contributed by atoms with van der Waals surface area (Å²) >= 11 is 0. The molecule has 1 aliphatic heterocycles. The number of nitrogens with one attached hydrogen (secondary N) is 1. The minimum absolute atomic E-state index is 0.0495. The van der Waals surface area contributed by atoms with Crippen molar-refractivity contribution in [3.05, 3.63) is 58.9 Å². The van der Waals surface area contributed by atoms with E-state index in [0.29, 0.717) is 24.1 Å². The molecule has 2 aromatic rings. The summed E-state index contributed by atoms with van der Waals surface area (Å²) in [7, 11) is -3.41. The van der Waals surface area contributed by atoms with Gasteiger partial charge in [0.1, 0.15) is 0 Å². The first-order valence-corrected chi connectivity index (χ1v) is 15.7. The molecule has 0 unspecified atom stereocenters. The highest BCUT2D eigenvalue weighted by Gasteiger charge is 2.42. The fourth-order valence-corrected chi connectivity index (χ4v) is 6.83. The van der Waals surface area contributed by atoms with Gasteiger partial charge in [-0.05, 0) is 79.8 Å². The number of alkyl halides is 3. The number of aromatic nitrogens is 1. The smallest absolute Gasteiger partial charge is 0.391 e. The minimum atomic E-state index is -4.10. The van der Waals surface area contributed by atoms with Gasteiger partial charge in [0.2, 0.25) is 0 Å².